The zero-order valence-electron chi connectivity index (χ0n) is 10.7. The van der Waals surface area contributed by atoms with Gasteiger partial charge in [0.25, 0.3) is 0 Å². The van der Waals surface area contributed by atoms with Gasteiger partial charge in [0.1, 0.15) is 6.33 Å². The van der Waals surface area contributed by atoms with Crippen LogP contribution in [0.15, 0.2) is 6.33 Å². The van der Waals surface area contributed by atoms with Crippen LogP contribution < -0.4 is 10.1 Å². The molecule has 1 unspecified atom stereocenters. The lowest BCUT2D eigenvalue weighted by molar-refractivity contribution is 0.378. The molecule has 1 fully saturated rings. The van der Waals surface area contributed by atoms with Crippen molar-refractivity contribution >= 4 is 0 Å². The van der Waals surface area contributed by atoms with Crippen molar-refractivity contribution in [2.75, 3.05) is 13.7 Å². The molecule has 94 valence electrons. The van der Waals surface area contributed by atoms with Crippen LogP contribution in [0.4, 0.5) is 0 Å². The average molecular weight is 235 g/mol. The summed E-state index contributed by atoms with van der Waals surface area (Å²) in [6, 6.07) is 0.657. The van der Waals surface area contributed by atoms with Gasteiger partial charge in [-0.05, 0) is 39.2 Å². The van der Waals surface area contributed by atoms with Crippen LogP contribution in [0, 0.1) is 6.92 Å². The van der Waals surface area contributed by atoms with Crippen molar-refractivity contribution in [3.05, 3.63) is 17.6 Å². The Hall–Kier alpha value is -1.16. The van der Waals surface area contributed by atoms with E-state index in [4.69, 9.17) is 4.74 Å². The van der Waals surface area contributed by atoms with Crippen molar-refractivity contribution in [1.29, 1.82) is 0 Å². The third-order valence-corrected chi connectivity index (χ3v) is 3.48. The van der Waals surface area contributed by atoms with Crippen LogP contribution in [0.3, 0.4) is 0 Å². The quantitative estimate of drug-likeness (QED) is 0.865. The van der Waals surface area contributed by atoms with Gasteiger partial charge in [-0.25, -0.2) is 9.97 Å². The molecule has 0 saturated carbocycles. The number of ether oxygens (including phenoxy) is 1. The van der Waals surface area contributed by atoms with E-state index in [9.17, 15) is 0 Å². The SMILES string of the molecule is COc1ncnc(CCC2CCCCN2)c1C. The highest BCUT2D eigenvalue weighted by Gasteiger charge is 2.14. The molecule has 1 aromatic heterocycles. The van der Waals surface area contributed by atoms with E-state index in [-0.39, 0.29) is 0 Å². The van der Waals surface area contributed by atoms with Gasteiger partial charge in [-0.15, -0.1) is 0 Å². The molecule has 17 heavy (non-hydrogen) atoms. The first-order valence-electron chi connectivity index (χ1n) is 6.39. The summed E-state index contributed by atoms with van der Waals surface area (Å²) < 4.78 is 5.21. The Morgan fingerprint density at radius 1 is 1.41 bits per heavy atom. The van der Waals surface area contributed by atoms with Crippen molar-refractivity contribution in [2.24, 2.45) is 0 Å². The van der Waals surface area contributed by atoms with Crippen LogP contribution in [0.2, 0.25) is 0 Å². The van der Waals surface area contributed by atoms with Gasteiger partial charge in [0.2, 0.25) is 5.88 Å². The molecule has 1 aliphatic rings. The molecular weight excluding hydrogens is 214 g/mol. The number of piperidine rings is 1. The zero-order chi connectivity index (χ0) is 12.1. The van der Waals surface area contributed by atoms with Crippen LogP contribution in [-0.4, -0.2) is 29.7 Å². The Balaban J connectivity index is 1.93. The van der Waals surface area contributed by atoms with Gasteiger partial charge in [-0.3, -0.25) is 0 Å². The van der Waals surface area contributed by atoms with Gasteiger partial charge in [-0.2, -0.15) is 0 Å². The summed E-state index contributed by atoms with van der Waals surface area (Å²) in [4.78, 5) is 8.46. The van der Waals surface area contributed by atoms with Gasteiger partial charge in [-0.1, -0.05) is 6.42 Å². The maximum absolute atomic E-state index is 5.21. The number of hydrogen-bond acceptors (Lipinski definition) is 4. The highest BCUT2D eigenvalue weighted by molar-refractivity contribution is 5.28. The predicted molar refractivity (Wildman–Crippen MR) is 67.3 cm³/mol. The second-order valence-electron chi connectivity index (χ2n) is 4.64. The Morgan fingerprint density at radius 3 is 3.00 bits per heavy atom. The minimum absolute atomic E-state index is 0.657. The molecule has 1 atom stereocenters. The third-order valence-electron chi connectivity index (χ3n) is 3.48. The fraction of sp³-hybridized carbons (Fsp3) is 0.692. The van der Waals surface area contributed by atoms with Crippen molar-refractivity contribution < 1.29 is 4.74 Å². The van der Waals surface area contributed by atoms with Crippen LogP contribution in [0.25, 0.3) is 0 Å². The highest BCUT2D eigenvalue weighted by Crippen LogP contribution is 2.19. The normalized spacial score (nSPS) is 20.2. The van der Waals surface area contributed by atoms with E-state index >= 15 is 0 Å². The summed E-state index contributed by atoms with van der Waals surface area (Å²) in [6.45, 7) is 3.19. The first-order valence-corrected chi connectivity index (χ1v) is 6.39. The number of aryl methyl sites for hydroxylation is 1. The highest BCUT2D eigenvalue weighted by atomic mass is 16.5. The van der Waals surface area contributed by atoms with E-state index in [0.29, 0.717) is 11.9 Å². The summed E-state index contributed by atoms with van der Waals surface area (Å²) in [5.41, 5.74) is 2.19. The van der Waals surface area contributed by atoms with E-state index in [1.807, 2.05) is 6.92 Å². The van der Waals surface area contributed by atoms with Gasteiger partial charge in [0, 0.05) is 11.6 Å². The molecule has 0 aliphatic carbocycles. The zero-order valence-corrected chi connectivity index (χ0v) is 10.7. The Bertz CT molecular complexity index is 362. The lowest BCUT2D eigenvalue weighted by atomic mass is 9.99. The fourth-order valence-corrected chi connectivity index (χ4v) is 2.41. The number of nitrogens with zero attached hydrogens (tertiary/aromatic N) is 2. The van der Waals surface area contributed by atoms with E-state index in [0.717, 1.165) is 30.6 Å². The summed E-state index contributed by atoms with van der Waals surface area (Å²) in [5, 5.41) is 3.56. The lowest BCUT2D eigenvalue weighted by Crippen LogP contribution is -2.34. The number of aromatic nitrogens is 2. The fourth-order valence-electron chi connectivity index (χ4n) is 2.41. The standard InChI is InChI=1S/C13H21N3O/c1-10-12(15-9-16-13(10)17-2)7-6-11-5-3-4-8-14-11/h9,11,14H,3-8H2,1-2H3. The lowest BCUT2D eigenvalue weighted by Gasteiger charge is -2.23. The molecule has 0 radical (unpaired) electrons. The molecule has 0 amide bonds. The predicted octanol–water partition coefficient (Wildman–Crippen LogP) is 1.87. The first kappa shape index (κ1) is 12.3. The molecular formula is C13H21N3O. The van der Waals surface area contributed by atoms with E-state index in [1.165, 1.54) is 19.3 Å². The molecule has 2 heterocycles. The second kappa shape index (κ2) is 5.96. The molecule has 0 bridgehead atoms. The van der Waals surface area contributed by atoms with Gasteiger partial charge >= 0.3 is 0 Å². The maximum atomic E-state index is 5.21. The van der Waals surface area contributed by atoms with Crippen molar-refractivity contribution in [2.45, 2.75) is 45.1 Å². The molecule has 2 rings (SSSR count). The Labute approximate surface area is 103 Å². The van der Waals surface area contributed by atoms with Crippen molar-refractivity contribution in [3.63, 3.8) is 0 Å². The van der Waals surface area contributed by atoms with E-state index < -0.39 is 0 Å². The molecule has 1 N–H and O–H groups in total. The molecule has 0 aromatic carbocycles. The summed E-state index contributed by atoms with van der Waals surface area (Å²) in [5.74, 6) is 0.701. The van der Waals surface area contributed by atoms with Crippen LogP contribution in [0.5, 0.6) is 5.88 Å². The Morgan fingerprint density at radius 2 is 2.29 bits per heavy atom. The summed E-state index contributed by atoms with van der Waals surface area (Å²) in [7, 11) is 1.65. The number of hydrogen-bond donors (Lipinski definition) is 1. The second-order valence-corrected chi connectivity index (χ2v) is 4.64. The van der Waals surface area contributed by atoms with E-state index in [2.05, 4.69) is 15.3 Å². The summed E-state index contributed by atoms with van der Waals surface area (Å²) >= 11 is 0. The van der Waals surface area contributed by atoms with Gasteiger partial charge < -0.3 is 10.1 Å². The molecule has 0 spiro atoms. The van der Waals surface area contributed by atoms with Crippen molar-refractivity contribution in [3.8, 4) is 5.88 Å². The third kappa shape index (κ3) is 3.16. The van der Waals surface area contributed by atoms with Crippen LogP contribution >= 0.6 is 0 Å². The van der Waals surface area contributed by atoms with Crippen LogP contribution in [0.1, 0.15) is 36.9 Å². The summed E-state index contributed by atoms with van der Waals surface area (Å²) in [6.07, 6.45) is 7.71. The largest absolute Gasteiger partial charge is 0.481 e. The molecule has 4 heteroatoms. The van der Waals surface area contributed by atoms with Crippen molar-refractivity contribution in [1.82, 2.24) is 15.3 Å². The molecule has 1 saturated heterocycles. The van der Waals surface area contributed by atoms with Crippen LogP contribution in [-0.2, 0) is 6.42 Å². The molecule has 1 aliphatic heterocycles. The smallest absolute Gasteiger partial charge is 0.219 e. The first-order chi connectivity index (χ1) is 8.31. The minimum Gasteiger partial charge on any atom is -0.481 e. The number of methoxy groups -OCH3 is 1. The number of rotatable bonds is 4. The minimum atomic E-state index is 0.657. The average Bonchev–Trinajstić information content (AvgIpc) is 2.39. The monoisotopic (exact) mass is 235 g/mol. The van der Waals surface area contributed by atoms with Gasteiger partial charge in [0.15, 0.2) is 0 Å². The Kier molecular flexibility index (Phi) is 4.31. The van der Waals surface area contributed by atoms with Gasteiger partial charge in [0.05, 0.1) is 12.8 Å². The van der Waals surface area contributed by atoms with E-state index in [1.54, 1.807) is 13.4 Å². The molecule has 4 nitrogen and oxygen atoms in total. The topological polar surface area (TPSA) is 47.0 Å². The molecule has 1 aromatic rings. The number of nitrogens with one attached hydrogen (secondary N) is 1. The maximum Gasteiger partial charge on any atom is 0.219 e.